The number of fused-ring (bicyclic) bond motifs is 1. The van der Waals surface area contributed by atoms with Crippen LogP contribution in [0.2, 0.25) is 5.02 Å². The molecule has 1 aliphatic rings. The van der Waals surface area contributed by atoms with Gasteiger partial charge in [-0.1, -0.05) is 30.7 Å². The summed E-state index contributed by atoms with van der Waals surface area (Å²) in [6.45, 7) is 2.77. The second-order valence-electron chi connectivity index (χ2n) is 7.11. The highest BCUT2D eigenvalue weighted by Crippen LogP contribution is 2.40. The molecule has 0 saturated carbocycles. The fourth-order valence-corrected chi connectivity index (χ4v) is 4.87. The molecule has 0 aliphatic carbocycles. The summed E-state index contributed by atoms with van der Waals surface area (Å²) in [4.78, 5) is 30.2. The van der Waals surface area contributed by atoms with E-state index in [2.05, 4.69) is 11.8 Å². The molecule has 0 saturated heterocycles. The van der Waals surface area contributed by atoms with Crippen molar-refractivity contribution in [3.8, 4) is 0 Å². The predicted octanol–water partition coefficient (Wildman–Crippen LogP) is 2.47. The zero-order valence-electron chi connectivity index (χ0n) is 17.0. The van der Waals surface area contributed by atoms with Crippen molar-refractivity contribution in [3.05, 3.63) is 55.7 Å². The Kier molecular flexibility index (Phi) is 6.97. The van der Waals surface area contributed by atoms with E-state index in [0.717, 1.165) is 17.7 Å². The molecule has 9 heteroatoms. The maximum absolute atomic E-state index is 13.3. The summed E-state index contributed by atoms with van der Waals surface area (Å²) in [5.41, 5.74) is 0.801. The smallest absolute Gasteiger partial charge is 0.332 e. The van der Waals surface area contributed by atoms with E-state index in [9.17, 15) is 9.59 Å². The van der Waals surface area contributed by atoms with Crippen LogP contribution in [0.15, 0.2) is 33.9 Å². The standard InChI is InChI=1S/C20H27ClN4O3S/c1-4-12-29-20-23(3)17-16(25(20)13-14-6-8-15(21)9-7-14)18(27)24(10-5-11-26)19(28)22(17)2/h6-9,20,26H,4-5,10-13H2,1-3H3. The number of halogens is 1. The summed E-state index contributed by atoms with van der Waals surface area (Å²) in [6, 6.07) is 7.58. The Balaban J connectivity index is 2.12. The van der Waals surface area contributed by atoms with E-state index in [1.807, 2.05) is 36.2 Å². The first-order valence-electron chi connectivity index (χ1n) is 9.70. The second kappa shape index (κ2) is 9.28. The molecule has 0 amide bonds. The van der Waals surface area contributed by atoms with Crippen LogP contribution in [0.4, 0.5) is 11.5 Å². The van der Waals surface area contributed by atoms with Crippen molar-refractivity contribution < 1.29 is 5.11 Å². The first-order chi connectivity index (χ1) is 13.9. The number of thioether (sulfide) groups is 1. The van der Waals surface area contributed by atoms with E-state index in [1.165, 1.54) is 9.13 Å². The quantitative estimate of drug-likeness (QED) is 0.682. The molecule has 7 nitrogen and oxygen atoms in total. The van der Waals surface area contributed by atoms with Gasteiger partial charge in [0, 0.05) is 38.8 Å². The Hall–Kier alpha value is -1.90. The number of rotatable bonds is 8. The molecule has 0 bridgehead atoms. The fraction of sp³-hybridized carbons (Fsp3) is 0.500. The van der Waals surface area contributed by atoms with E-state index >= 15 is 0 Å². The Labute approximate surface area is 179 Å². The molecule has 3 rings (SSSR count). The van der Waals surface area contributed by atoms with Gasteiger partial charge in [-0.3, -0.25) is 13.9 Å². The lowest BCUT2D eigenvalue weighted by Gasteiger charge is -2.29. The Morgan fingerprint density at radius 2 is 1.86 bits per heavy atom. The highest BCUT2D eigenvalue weighted by Gasteiger charge is 2.39. The number of hydrogen-bond acceptors (Lipinski definition) is 6. The van der Waals surface area contributed by atoms with Gasteiger partial charge in [0.15, 0.2) is 5.50 Å². The maximum atomic E-state index is 13.3. The Bertz CT molecular complexity index is 973. The van der Waals surface area contributed by atoms with Gasteiger partial charge >= 0.3 is 5.69 Å². The van der Waals surface area contributed by atoms with E-state index in [1.54, 1.807) is 18.8 Å². The van der Waals surface area contributed by atoms with E-state index in [0.29, 0.717) is 29.5 Å². The van der Waals surface area contributed by atoms with Crippen LogP contribution < -0.4 is 21.0 Å². The summed E-state index contributed by atoms with van der Waals surface area (Å²) in [6.07, 6.45) is 1.37. The molecule has 0 radical (unpaired) electrons. The zero-order chi connectivity index (χ0) is 21.1. The normalized spacial score (nSPS) is 15.8. The average molecular weight is 439 g/mol. The third-order valence-corrected chi connectivity index (χ3v) is 6.76. The molecule has 1 aromatic heterocycles. The van der Waals surface area contributed by atoms with Gasteiger partial charge in [0.05, 0.1) is 0 Å². The summed E-state index contributed by atoms with van der Waals surface area (Å²) in [7, 11) is 3.62. The molecule has 158 valence electrons. The summed E-state index contributed by atoms with van der Waals surface area (Å²) in [5, 5.41) is 9.83. The number of hydrogen-bond donors (Lipinski definition) is 1. The SMILES string of the molecule is CCCSC1N(C)c2c(c(=O)n(CCCO)c(=O)n2C)N1Cc1ccc(Cl)cc1. The first kappa shape index (κ1) is 21.8. The van der Waals surface area contributed by atoms with Crippen LogP contribution in [0.5, 0.6) is 0 Å². The molecule has 1 aliphatic heterocycles. The molecule has 2 aromatic rings. The number of aliphatic hydroxyl groups excluding tert-OH is 1. The molecule has 1 N–H and O–H groups in total. The van der Waals surface area contributed by atoms with Crippen molar-refractivity contribution in [2.24, 2.45) is 7.05 Å². The second-order valence-corrected chi connectivity index (χ2v) is 8.71. The van der Waals surface area contributed by atoms with Gasteiger partial charge in [-0.05, 0) is 36.3 Å². The molecule has 0 fully saturated rings. The lowest BCUT2D eigenvalue weighted by molar-refractivity contribution is 0.277. The van der Waals surface area contributed by atoms with Crippen molar-refractivity contribution in [1.29, 1.82) is 0 Å². The van der Waals surface area contributed by atoms with Crippen LogP contribution in [-0.4, -0.2) is 39.1 Å². The van der Waals surface area contributed by atoms with Gasteiger partial charge in [-0.2, -0.15) is 0 Å². The molecular weight excluding hydrogens is 412 g/mol. The van der Waals surface area contributed by atoms with Gasteiger partial charge in [-0.15, -0.1) is 11.8 Å². The minimum absolute atomic E-state index is 0.0734. The topological polar surface area (TPSA) is 70.7 Å². The van der Waals surface area contributed by atoms with Crippen molar-refractivity contribution in [2.75, 3.05) is 29.2 Å². The zero-order valence-corrected chi connectivity index (χ0v) is 18.5. The van der Waals surface area contributed by atoms with Crippen LogP contribution in [0.3, 0.4) is 0 Å². The monoisotopic (exact) mass is 438 g/mol. The molecule has 1 atom stereocenters. The molecule has 1 unspecified atom stereocenters. The number of benzene rings is 1. The molecule has 29 heavy (non-hydrogen) atoms. The highest BCUT2D eigenvalue weighted by molar-refractivity contribution is 8.00. The van der Waals surface area contributed by atoms with Crippen molar-refractivity contribution >= 4 is 34.9 Å². The average Bonchev–Trinajstić information content (AvgIpc) is 2.98. The van der Waals surface area contributed by atoms with Crippen LogP contribution >= 0.6 is 23.4 Å². The number of nitrogens with zero attached hydrogens (tertiary/aromatic N) is 4. The Morgan fingerprint density at radius 1 is 1.17 bits per heavy atom. The molecule has 1 aromatic carbocycles. The first-order valence-corrected chi connectivity index (χ1v) is 11.1. The van der Waals surface area contributed by atoms with Gasteiger partial charge < -0.3 is 14.9 Å². The maximum Gasteiger partial charge on any atom is 0.332 e. The van der Waals surface area contributed by atoms with Gasteiger partial charge in [-0.25, -0.2) is 4.79 Å². The van der Waals surface area contributed by atoms with Gasteiger partial charge in [0.1, 0.15) is 11.5 Å². The molecule has 2 heterocycles. The van der Waals surface area contributed by atoms with Crippen molar-refractivity contribution in [3.63, 3.8) is 0 Å². The van der Waals surface area contributed by atoms with Gasteiger partial charge in [0.25, 0.3) is 5.56 Å². The molecular formula is C20H27ClN4O3S. The lowest BCUT2D eigenvalue weighted by atomic mass is 10.2. The molecule has 0 spiro atoms. The fourth-order valence-electron chi connectivity index (χ4n) is 3.61. The summed E-state index contributed by atoms with van der Waals surface area (Å²) < 4.78 is 2.76. The van der Waals surface area contributed by atoms with Crippen molar-refractivity contribution in [1.82, 2.24) is 9.13 Å². The lowest BCUT2D eigenvalue weighted by Crippen LogP contribution is -2.41. The van der Waals surface area contributed by atoms with Crippen molar-refractivity contribution in [2.45, 2.75) is 38.4 Å². The minimum atomic E-state index is -0.360. The highest BCUT2D eigenvalue weighted by atomic mass is 35.5. The number of aliphatic hydroxyl groups is 1. The third-order valence-electron chi connectivity index (χ3n) is 4.99. The predicted molar refractivity (Wildman–Crippen MR) is 120 cm³/mol. The van der Waals surface area contributed by atoms with Crippen LogP contribution in [0.1, 0.15) is 25.3 Å². The number of aromatic nitrogens is 2. The van der Waals surface area contributed by atoms with Crippen LogP contribution in [0, 0.1) is 0 Å². The summed E-state index contributed by atoms with van der Waals surface area (Å²) >= 11 is 7.77. The van der Waals surface area contributed by atoms with E-state index in [-0.39, 0.29) is 29.9 Å². The van der Waals surface area contributed by atoms with E-state index in [4.69, 9.17) is 16.7 Å². The van der Waals surface area contributed by atoms with Crippen LogP contribution in [-0.2, 0) is 20.1 Å². The number of anilines is 2. The van der Waals surface area contributed by atoms with E-state index < -0.39 is 0 Å². The Morgan fingerprint density at radius 3 is 2.48 bits per heavy atom. The third kappa shape index (κ3) is 4.20. The minimum Gasteiger partial charge on any atom is -0.396 e. The summed E-state index contributed by atoms with van der Waals surface area (Å²) in [5.74, 6) is 1.56. The largest absolute Gasteiger partial charge is 0.396 e. The van der Waals surface area contributed by atoms with Gasteiger partial charge in [0.2, 0.25) is 0 Å². The van der Waals surface area contributed by atoms with Crippen LogP contribution in [0.25, 0.3) is 0 Å².